The molecule has 1 heterocycles. The summed E-state index contributed by atoms with van der Waals surface area (Å²) in [5, 5.41) is 6.56. The maximum absolute atomic E-state index is 12.3. The van der Waals surface area contributed by atoms with Gasteiger partial charge in [-0.2, -0.15) is 0 Å². The van der Waals surface area contributed by atoms with Crippen molar-refractivity contribution in [2.75, 3.05) is 19.8 Å². The normalized spacial score (nSPS) is 25.8. The summed E-state index contributed by atoms with van der Waals surface area (Å²) < 4.78 is 5.41. The van der Waals surface area contributed by atoms with Crippen LogP contribution in [-0.4, -0.2) is 31.7 Å². The maximum Gasteiger partial charge on any atom is 0.222 e. The van der Waals surface area contributed by atoms with E-state index in [0.717, 1.165) is 26.0 Å². The van der Waals surface area contributed by atoms with Gasteiger partial charge in [0.2, 0.25) is 5.91 Å². The van der Waals surface area contributed by atoms with Crippen molar-refractivity contribution < 1.29 is 9.53 Å². The van der Waals surface area contributed by atoms with Crippen molar-refractivity contribution in [2.24, 2.45) is 0 Å². The zero-order valence-corrected chi connectivity index (χ0v) is 14.7. The Morgan fingerprint density at radius 1 is 1.39 bits per heavy atom. The molecule has 2 aliphatic rings. The molecule has 128 valence electrons. The number of morpholine rings is 1. The molecule has 0 radical (unpaired) electrons. The predicted octanol–water partition coefficient (Wildman–Crippen LogP) is 2.72. The Morgan fingerprint density at radius 3 is 2.91 bits per heavy atom. The van der Waals surface area contributed by atoms with E-state index < -0.39 is 0 Å². The molecule has 0 saturated carbocycles. The number of ether oxygens (including phenoxy) is 1. The van der Waals surface area contributed by atoms with Gasteiger partial charge in [-0.25, -0.2) is 0 Å². The minimum Gasteiger partial charge on any atom is -0.378 e. The zero-order valence-electron chi connectivity index (χ0n) is 13.9. The second kappa shape index (κ2) is 7.65. The molecule has 3 rings (SSSR count). The SMILES string of the molecule is CC1(C)CCC(NC(=O)CC2COCCN2)c2ccccc21.Cl. The predicted molar refractivity (Wildman–Crippen MR) is 94.1 cm³/mol. The van der Waals surface area contributed by atoms with Gasteiger partial charge in [0.05, 0.1) is 19.3 Å². The third-order valence-corrected chi connectivity index (χ3v) is 4.89. The molecule has 4 nitrogen and oxygen atoms in total. The van der Waals surface area contributed by atoms with Crippen molar-refractivity contribution in [3.05, 3.63) is 35.4 Å². The summed E-state index contributed by atoms with van der Waals surface area (Å²) in [6.07, 6.45) is 2.59. The molecule has 1 amide bonds. The fourth-order valence-electron chi connectivity index (χ4n) is 3.59. The smallest absolute Gasteiger partial charge is 0.222 e. The number of rotatable bonds is 3. The minimum atomic E-state index is 0. The highest BCUT2D eigenvalue weighted by molar-refractivity contribution is 5.85. The topological polar surface area (TPSA) is 50.4 Å². The monoisotopic (exact) mass is 338 g/mol. The molecule has 23 heavy (non-hydrogen) atoms. The van der Waals surface area contributed by atoms with Crippen molar-refractivity contribution in [2.45, 2.75) is 50.6 Å². The van der Waals surface area contributed by atoms with E-state index in [9.17, 15) is 4.79 Å². The Balaban J connectivity index is 0.00000192. The first-order valence-corrected chi connectivity index (χ1v) is 8.26. The van der Waals surface area contributed by atoms with Gasteiger partial charge in [-0.05, 0) is 29.4 Å². The van der Waals surface area contributed by atoms with E-state index >= 15 is 0 Å². The van der Waals surface area contributed by atoms with E-state index in [-0.39, 0.29) is 35.8 Å². The molecule has 5 heteroatoms. The number of halogens is 1. The van der Waals surface area contributed by atoms with E-state index in [4.69, 9.17) is 4.74 Å². The van der Waals surface area contributed by atoms with Crippen LogP contribution >= 0.6 is 12.4 Å². The number of hydrogen-bond acceptors (Lipinski definition) is 3. The third-order valence-electron chi connectivity index (χ3n) is 4.89. The number of fused-ring (bicyclic) bond motifs is 1. The Kier molecular flexibility index (Phi) is 6.06. The number of amides is 1. The van der Waals surface area contributed by atoms with E-state index in [1.54, 1.807) is 0 Å². The number of nitrogens with one attached hydrogen (secondary N) is 2. The molecule has 0 bridgehead atoms. The molecule has 0 spiro atoms. The van der Waals surface area contributed by atoms with Gasteiger partial charge < -0.3 is 15.4 Å². The molecule has 0 aromatic heterocycles. The van der Waals surface area contributed by atoms with Crippen LogP contribution in [0.2, 0.25) is 0 Å². The standard InChI is InChI=1S/C18H26N2O2.ClH/c1-18(2)8-7-16(14-5-3-4-6-15(14)18)20-17(21)11-13-12-22-10-9-19-13;/h3-6,13,16,19H,7-12H2,1-2H3,(H,20,21);1H. The minimum absolute atomic E-state index is 0. The lowest BCUT2D eigenvalue weighted by Crippen LogP contribution is -2.45. The van der Waals surface area contributed by atoms with Gasteiger partial charge in [0, 0.05) is 19.0 Å². The summed E-state index contributed by atoms with van der Waals surface area (Å²) in [6.45, 7) is 6.77. The van der Waals surface area contributed by atoms with E-state index in [2.05, 4.69) is 48.7 Å². The van der Waals surface area contributed by atoms with Crippen LogP contribution in [-0.2, 0) is 14.9 Å². The fraction of sp³-hybridized carbons (Fsp3) is 0.611. The van der Waals surface area contributed by atoms with Crippen molar-refractivity contribution in [3.8, 4) is 0 Å². The molecule has 1 aromatic carbocycles. The zero-order chi connectivity index (χ0) is 15.6. The van der Waals surface area contributed by atoms with Gasteiger partial charge in [0.1, 0.15) is 0 Å². The Morgan fingerprint density at radius 2 is 2.17 bits per heavy atom. The van der Waals surface area contributed by atoms with Crippen LogP contribution in [0.1, 0.15) is 50.3 Å². The molecular formula is C18H27ClN2O2. The van der Waals surface area contributed by atoms with Gasteiger partial charge in [-0.15, -0.1) is 12.4 Å². The molecule has 1 aromatic rings. The summed E-state index contributed by atoms with van der Waals surface area (Å²) in [4.78, 5) is 12.3. The number of hydrogen-bond donors (Lipinski definition) is 2. The number of carbonyl (C=O) groups is 1. The van der Waals surface area contributed by atoms with Gasteiger partial charge in [-0.1, -0.05) is 38.1 Å². The highest BCUT2D eigenvalue weighted by Gasteiger charge is 2.33. The molecule has 2 unspecified atom stereocenters. The van der Waals surface area contributed by atoms with Crippen LogP contribution in [0.15, 0.2) is 24.3 Å². The van der Waals surface area contributed by atoms with E-state index in [1.165, 1.54) is 11.1 Å². The maximum atomic E-state index is 12.3. The van der Waals surface area contributed by atoms with Crippen molar-refractivity contribution in [1.29, 1.82) is 0 Å². The Labute approximate surface area is 144 Å². The van der Waals surface area contributed by atoms with Gasteiger partial charge in [0.25, 0.3) is 0 Å². The van der Waals surface area contributed by atoms with E-state index in [0.29, 0.717) is 13.0 Å². The van der Waals surface area contributed by atoms with Crippen LogP contribution in [0, 0.1) is 0 Å². The van der Waals surface area contributed by atoms with Crippen LogP contribution in [0.3, 0.4) is 0 Å². The second-order valence-corrected chi connectivity index (χ2v) is 7.06. The number of benzene rings is 1. The quantitative estimate of drug-likeness (QED) is 0.891. The average Bonchev–Trinajstić information content (AvgIpc) is 2.51. The molecule has 2 N–H and O–H groups in total. The average molecular weight is 339 g/mol. The lowest BCUT2D eigenvalue weighted by atomic mass is 9.71. The first-order chi connectivity index (χ1) is 10.6. The fourth-order valence-corrected chi connectivity index (χ4v) is 3.59. The highest BCUT2D eigenvalue weighted by atomic mass is 35.5. The summed E-state index contributed by atoms with van der Waals surface area (Å²) in [5.74, 6) is 0.113. The summed E-state index contributed by atoms with van der Waals surface area (Å²) >= 11 is 0. The lowest BCUT2D eigenvalue weighted by molar-refractivity contribution is -0.123. The third kappa shape index (κ3) is 4.25. The van der Waals surface area contributed by atoms with Crippen molar-refractivity contribution >= 4 is 18.3 Å². The van der Waals surface area contributed by atoms with Crippen molar-refractivity contribution in [1.82, 2.24) is 10.6 Å². The molecule has 1 fully saturated rings. The molecule has 2 atom stereocenters. The van der Waals surface area contributed by atoms with Crippen LogP contribution in [0.25, 0.3) is 0 Å². The lowest BCUT2D eigenvalue weighted by Gasteiger charge is -2.37. The molecule has 1 saturated heterocycles. The first kappa shape index (κ1) is 18.2. The molecule has 1 aliphatic heterocycles. The summed E-state index contributed by atoms with van der Waals surface area (Å²) in [7, 11) is 0. The van der Waals surface area contributed by atoms with Crippen LogP contribution < -0.4 is 10.6 Å². The summed E-state index contributed by atoms with van der Waals surface area (Å²) in [5.41, 5.74) is 2.84. The summed E-state index contributed by atoms with van der Waals surface area (Å²) in [6, 6.07) is 8.79. The number of carbonyl (C=O) groups excluding carboxylic acids is 1. The van der Waals surface area contributed by atoms with Crippen molar-refractivity contribution in [3.63, 3.8) is 0 Å². The van der Waals surface area contributed by atoms with Gasteiger partial charge in [0.15, 0.2) is 0 Å². The van der Waals surface area contributed by atoms with Gasteiger partial charge >= 0.3 is 0 Å². The Bertz CT molecular complexity index is 542. The largest absolute Gasteiger partial charge is 0.378 e. The van der Waals surface area contributed by atoms with Gasteiger partial charge in [-0.3, -0.25) is 4.79 Å². The molecule has 1 aliphatic carbocycles. The Hall–Kier alpha value is -1.10. The van der Waals surface area contributed by atoms with Crippen LogP contribution in [0.4, 0.5) is 0 Å². The second-order valence-electron chi connectivity index (χ2n) is 7.06. The molecular weight excluding hydrogens is 312 g/mol. The van der Waals surface area contributed by atoms with E-state index in [1.807, 2.05) is 0 Å². The first-order valence-electron chi connectivity index (χ1n) is 8.26. The van der Waals surface area contributed by atoms with Crippen LogP contribution in [0.5, 0.6) is 0 Å². The highest BCUT2D eigenvalue weighted by Crippen LogP contribution is 2.41.